The van der Waals surface area contributed by atoms with E-state index in [9.17, 15) is 19.7 Å². The molecule has 10 heteroatoms. The highest BCUT2D eigenvalue weighted by molar-refractivity contribution is 5.97. The summed E-state index contributed by atoms with van der Waals surface area (Å²) >= 11 is 0. The molecule has 0 bridgehead atoms. The van der Waals surface area contributed by atoms with E-state index in [0.29, 0.717) is 5.75 Å². The molecule has 0 aromatic heterocycles. The summed E-state index contributed by atoms with van der Waals surface area (Å²) in [6.45, 7) is -0.575. The Hall–Kier alpha value is -3.82. The van der Waals surface area contributed by atoms with Gasteiger partial charge in [0.05, 0.1) is 38.0 Å². The lowest BCUT2D eigenvalue weighted by Crippen LogP contribution is -2.21. The number of nitrogens with one attached hydrogen (secondary N) is 1. The van der Waals surface area contributed by atoms with Gasteiger partial charge in [0.25, 0.3) is 11.6 Å². The molecule has 0 radical (unpaired) electrons. The molecule has 2 aromatic rings. The Morgan fingerprint density at radius 3 is 2.32 bits per heavy atom. The third kappa shape index (κ3) is 4.87. The summed E-state index contributed by atoms with van der Waals surface area (Å²) in [6.07, 6.45) is 0. The monoisotopic (exact) mass is 390 g/mol. The van der Waals surface area contributed by atoms with Crippen molar-refractivity contribution < 1.29 is 33.5 Å². The van der Waals surface area contributed by atoms with Gasteiger partial charge in [0.2, 0.25) is 0 Å². The smallest absolute Gasteiger partial charge is 0.342 e. The molecule has 28 heavy (non-hydrogen) atoms. The van der Waals surface area contributed by atoms with Crippen molar-refractivity contribution in [3.63, 3.8) is 0 Å². The van der Waals surface area contributed by atoms with E-state index < -0.39 is 23.4 Å². The summed E-state index contributed by atoms with van der Waals surface area (Å²) in [4.78, 5) is 34.5. The Balaban J connectivity index is 2.03. The summed E-state index contributed by atoms with van der Waals surface area (Å²) < 4.78 is 20.2. The summed E-state index contributed by atoms with van der Waals surface area (Å²) in [5, 5.41) is 13.3. The topological polar surface area (TPSA) is 126 Å². The van der Waals surface area contributed by atoms with Crippen LogP contribution in [0.15, 0.2) is 36.4 Å². The van der Waals surface area contributed by atoms with Crippen molar-refractivity contribution in [2.75, 3.05) is 33.3 Å². The molecule has 0 aliphatic carbocycles. The zero-order chi connectivity index (χ0) is 20.7. The van der Waals surface area contributed by atoms with E-state index in [0.717, 1.165) is 0 Å². The maximum atomic E-state index is 12.2. The number of nitro groups is 1. The van der Waals surface area contributed by atoms with Crippen LogP contribution >= 0.6 is 0 Å². The maximum Gasteiger partial charge on any atom is 0.342 e. The Kier molecular flexibility index (Phi) is 6.74. The van der Waals surface area contributed by atoms with Gasteiger partial charge in [-0.1, -0.05) is 0 Å². The van der Waals surface area contributed by atoms with Crippen molar-refractivity contribution in [1.29, 1.82) is 0 Å². The largest absolute Gasteiger partial charge is 0.497 e. The molecule has 10 nitrogen and oxygen atoms in total. The average molecular weight is 390 g/mol. The van der Waals surface area contributed by atoms with Gasteiger partial charge in [-0.25, -0.2) is 4.79 Å². The van der Waals surface area contributed by atoms with Gasteiger partial charge in [0, 0.05) is 12.1 Å². The number of benzene rings is 2. The number of hydrogen-bond acceptors (Lipinski definition) is 8. The van der Waals surface area contributed by atoms with E-state index in [4.69, 9.17) is 18.9 Å². The fourth-order valence-corrected chi connectivity index (χ4v) is 2.26. The molecular weight excluding hydrogens is 372 g/mol. The summed E-state index contributed by atoms with van der Waals surface area (Å²) in [7, 11) is 4.17. The Bertz CT molecular complexity index is 897. The molecule has 0 saturated heterocycles. The number of carbonyl (C=O) groups excluding carboxylic acids is 2. The second-order valence-corrected chi connectivity index (χ2v) is 5.33. The second kappa shape index (κ2) is 9.21. The van der Waals surface area contributed by atoms with E-state index in [1.54, 1.807) is 6.07 Å². The molecule has 0 saturated carbocycles. The molecule has 0 aliphatic heterocycles. The van der Waals surface area contributed by atoms with E-state index in [-0.39, 0.29) is 28.4 Å². The van der Waals surface area contributed by atoms with Gasteiger partial charge < -0.3 is 24.3 Å². The van der Waals surface area contributed by atoms with Crippen LogP contribution in [-0.4, -0.2) is 44.7 Å². The minimum atomic E-state index is -0.759. The zero-order valence-corrected chi connectivity index (χ0v) is 15.4. The van der Waals surface area contributed by atoms with Crippen LogP contribution in [0.3, 0.4) is 0 Å². The van der Waals surface area contributed by atoms with Crippen LogP contribution in [0.1, 0.15) is 10.4 Å². The highest BCUT2D eigenvalue weighted by atomic mass is 16.6. The number of esters is 1. The summed E-state index contributed by atoms with van der Waals surface area (Å²) in [6, 6.07) is 8.23. The third-order valence-electron chi connectivity index (χ3n) is 3.63. The van der Waals surface area contributed by atoms with Crippen molar-refractivity contribution in [1.82, 2.24) is 0 Å². The number of carbonyl (C=O) groups is 2. The first kappa shape index (κ1) is 20.5. The Labute approximate surface area is 160 Å². The fraction of sp³-hybridized carbons (Fsp3) is 0.222. The average Bonchev–Trinajstić information content (AvgIpc) is 2.71. The lowest BCUT2D eigenvalue weighted by atomic mass is 10.2. The minimum absolute atomic E-state index is 0.103. The molecule has 0 heterocycles. The van der Waals surface area contributed by atoms with Gasteiger partial charge in [-0.3, -0.25) is 14.9 Å². The van der Waals surface area contributed by atoms with Crippen LogP contribution in [0, 0.1) is 10.1 Å². The van der Waals surface area contributed by atoms with Crippen LogP contribution < -0.4 is 19.5 Å². The standard InChI is InChI=1S/C18H18N2O8/c1-25-12-5-6-13(15(9-12)26-2)18(22)28-10-17(21)19-14-7-4-11(20(23)24)8-16(14)27-3/h4-9H,10H2,1-3H3,(H,19,21). The first-order valence-corrected chi connectivity index (χ1v) is 7.91. The van der Waals surface area contributed by atoms with Crippen molar-refractivity contribution in [3.8, 4) is 17.2 Å². The van der Waals surface area contributed by atoms with E-state index in [1.807, 2.05) is 0 Å². The Morgan fingerprint density at radius 1 is 1.00 bits per heavy atom. The number of amides is 1. The molecule has 2 rings (SSSR count). The van der Waals surface area contributed by atoms with Gasteiger partial charge in [0.1, 0.15) is 22.8 Å². The van der Waals surface area contributed by atoms with Crippen molar-refractivity contribution >= 4 is 23.3 Å². The van der Waals surface area contributed by atoms with E-state index in [1.165, 1.54) is 51.7 Å². The van der Waals surface area contributed by atoms with Crippen LogP contribution in [0.4, 0.5) is 11.4 Å². The van der Waals surface area contributed by atoms with Gasteiger partial charge >= 0.3 is 5.97 Å². The summed E-state index contributed by atoms with van der Waals surface area (Å²) in [5.41, 5.74) is 0.146. The molecule has 0 atom stereocenters. The van der Waals surface area contributed by atoms with Gasteiger partial charge in [-0.05, 0) is 18.2 Å². The fourth-order valence-electron chi connectivity index (χ4n) is 2.26. The SMILES string of the molecule is COc1ccc(C(=O)OCC(=O)Nc2ccc([N+](=O)[O-])cc2OC)c(OC)c1. The molecule has 0 unspecified atom stereocenters. The highest BCUT2D eigenvalue weighted by Crippen LogP contribution is 2.29. The van der Waals surface area contributed by atoms with Crippen LogP contribution in [0.2, 0.25) is 0 Å². The molecule has 1 amide bonds. The van der Waals surface area contributed by atoms with Crippen molar-refractivity contribution in [3.05, 3.63) is 52.1 Å². The first-order valence-electron chi connectivity index (χ1n) is 7.91. The number of methoxy groups -OCH3 is 3. The summed E-state index contributed by atoms with van der Waals surface area (Å²) in [5.74, 6) is -0.567. The zero-order valence-electron chi connectivity index (χ0n) is 15.4. The Morgan fingerprint density at radius 2 is 1.71 bits per heavy atom. The molecule has 0 fully saturated rings. The highest BCUT2D eigenvalue weighted by Gasteiger charge is 2.18. The molecule has 0 spiro atoms. The second-order valence-electron chi connectivity index (χ2n) is 5.33. The van der Waals surface area contributed by atoms with Gasteiger partial charge in [0.15, 0.2) is 6.61 Å². The number of hydrogen-bond donors (Lipinski definition) is 1. The third-order valence-corrected chi connectivity index (χ3v) is 3.63. The number of ether oxygens (including phenoxy) is 4. The first-order chi connectivity index (χ1) is 13.4. The molecule has 2 aromatic carbocycles. The van der Waals surface area contributed by atoms with Gasteiger partial charge in [-0.2, -0.15) is 0 Å². The van der Waals surface area contributed by atoms with Crippen LogP contribution in [-0.2, 0) is 9.53 Å². The number of nitro benzene ring substituents is 1. The normalized spacial score (nSPS) is 9.96. The van der Waals surface area contributed by atoms with Crippen molar-refractivity contribution in [2.45, 2.75) is 0 Å². The predicted molar refractivity (Wildman–Crippen MR) is 98.1 cm³/mol. The lowest BCUT2D eigenvalue weighted by molar-refractivity contribution is -0.384. The lowest BCUT2D eigenvalue weighted by Gasteiger charge is -2.12. The predicted octanol–water partition coefficient (Wildman–Crippen LogP) is 2.42. The number of non-ortho nitro benzene ring substituents is 1. The quantitative estimate of drug-likeness (QED) is 0.414. The van der Waals surface area contributed by atoms with E-state index in [2.05, 4.69) is 5.32 Å². The molecular formula is C18H18N2O8. The van der Waals surface area contributed by atoms with Crippen LogP contribution in [0.25, 0.3) is 0 Å². The molecule has 148 valence electrons. The maximum absolute atomic E-state index is 12.2. The van der Waals surface area contributed by atoms with Gasteiger partial charge in [-0.15, -0.1) is 0 Å². The number of anilines is 1. The minimum Gasteiger partial charge on any atom is -0.497 e. The molecule has 1 N–H and O–H groups in total. The van der Waals surface area contributed by atoms with Crippen molar-refractivity contribution in [2.24, 2.45) is 0 Å². The number of rotatable bonds is 8. The van der Waals surface area contributed by atoms with Crippen LogP contribution in [0.5, 0.6) is 17.2 Å². The molecule has 0 aliphatic rings. The number of nitrogens with zero attached hydrogens (tertiary/aromatic N) is 1. The van der Waals surface area contributed by atoms with E-state index >= 15 is 0 Å².